The Morgan fingerprint density at radius 3 is 2.48 bits per heavy atom. The first-order chi connectivity index (χ1) is 9.15. The molecule has 4 nitrogen and oxygen atoms in total. The summed E-state index contributed by atoms with van der Waals surface area (Å²) in [6.45, 7) is 8.33. The van der Waals surface area contributed by atoms with Gasteiger partial charge in [0.25, 0.3) is 0 Å². The normalized spacial score (nSPS) is 16.7. The van der Waals surface area contributed by atoms with E-state index < -0.39 is 0 Å². The number of halogens is 2. The van der Waals surface area contributed by atoms with Crippen LogP contribution in [0.4, 0.5) is 5.69 Å². The number of hydrogen-bond donors (Lipinski definition) is 3. The number of aryl methyl sites for hydroxylation is 1. The Bertz CT molecular complexity index is 437. The lowest BCUT2D eigenvalue weighted by Gasteiger charge is -2.36. The van der Waals surface area contributed by atoms with Gasteiger partial charge in [0.2, 0.25) is 0 Å². The molecule has 1 saturated heterocycles. The van der Waals surface area contributed by atoms with Crippen LogP contribution in [0.5, 0.6) is 5.75 Å². The lowest BCUT2D eigenvalue weighted by Crippen LogP contribution is -2.45. The number of piperazine rings is 1. The zero-order valence-electron chi connectivity index (χ0n) is 12.8. The van der Waals surface area contributed by atoms with Crippen LogP contribution in [-0.2, 0) is 0 Å². The van der Waals surface area contributed by atoms with Crippen molar-refractivity contribution in [1.82, 2.24) is 10.2 Å². The van der Waals surface area contributed by atoms with Crippen molar-refractivity contribution in [2.45, 2.75) is 32.7 Å². The highest BCUT2D eigenvalue weighted by molar-refractivity contribution is 5.85. The quantitative estimate of drug-likeness (QED) is 0.584. The van der Waals surface area contributed by atoms with Crippen molar-refractivity contribution in [3.63, 3.8) is 0 Å². The van der Waals surface area contributed by atoms with E-state index in [4.69, 9.17) is 5.73 Å². The standard InChI is InChI=1S/C15H25N3O.2ClH/c1-3-4-13(18-9-7-17-8-10-18)14-11(2)5-6-12(16)15(14)19;;/h5-6,13,17,19H,3-4,7-10,16H2,1-2H3;2*1H/t13-;;/m1../s1. The molecule has 0 radical (unpaired) electrons. The number of nitrogens with zero attached hydrogens (tertiary/aromatic N) is 1. The van der Waals surface area contributed by atoms with Crippen LogP contribution in [0.15, 0.2) is 12.1 Å². The van der Waals surface area contributed by atoms with E-state index in [-0.39, 0.29) is 36.6 Å². The Labute approximate surface area is 139 Å². The van der Waals surface area contributed by atoms with E-state index in [9.17, 15) is 5.11 Å². The second kappa shape index (κ2) is 9.36. The minimum Gasteiger partial charge on any atom is -0.505 e. The van der Waals surface area contributed by atoms with Crippen molar-refractivity contribution in [1.29, 1.82) is 0 Å². The molecule has 0 amide bonds. The zero-order chi connectivity index (χ0) is 13.8. The van der Waals surface area contributed by atoms with Crippen LogP contribution in [0.1, 0.15) is 36.9 Å². The predicted molar refractivity (Wildman–Crippen MR) is 93.8 cm³/mol. The summed E-state index contributed by atoms with van der Waals surface area (Å²) in [5.41, 5.74) is 8.50. The number of phenolic OH excluding ortho intramolecular Hbond substituents is 1. The molecule has 1 aromatic rings. The Morgan fingerprint density at radius 1 is 1.29 bits per heavy atom. The number of phenols is 1. The molecular weight excluding hydrogens is 309 g/mol. The second-order valence-electron chi connectivity index (χ2n) is 5.32. The van der Waals surface area contributed by atoms with E-state index in [0.29, 0.717) is 5.69 Å². The number of aromatic hydroxyl groups is 1. The van der Waals surface area contributed by atoms with Gasteiger partial charge < -0.3 is 16.2 Å². The highest BCUT2D eigenvalue weighted by atomic mass is 35.5. The highest BCUT2D eigenvalue weighted by Crippen LogP contribution is 2.38. The maximum absolute atomic E-state index is 10.3. The van der Waals surface area contributed by atoms with Gasteiger partial charge in [-0.25, -0.2) is 0 Å². The maximum Gasteiger partial charge on any atom is 0.143 e. The van der Waals surface area contributed by atoms with E-state index in [1.807, 2.05) is 6.07 Å². The van der Waals surface area contributed by atoms with Crippen molar-refractivity contribution >= 4 is 30.5 Å². The monoisotopic (exact) mass is 335 g/mol. The molecular formula is C15H27Cl2N3O. The summed E-state index contributed by atoms with van der Waals surface area (Å²) in [6, 6.07) is 4.07. The zero-order valence-corrected chi connectivity index (χ0v) is 14.4. The average molecular weight is 336 g/mol. The third-order valence-electron chi connectivity index (χ3n) is 3.95. The molecule has 2 rings (SSSR count). The minimum absolute atomic E-state index is 0. The molecule has 0 aliphatic carbocycles. The summed E-state index contributed by atoms with van der Waals surface area (Å²) < 4.78 is 0. The molecule has 0 bridgehead atoms. The smallest absolute Gasteiger partial charge is 0.143 e. The van der Waals surface area contributed by atoms with Gasteiger partial charge in [0.15, 0.2) is 0 Å². The number of benzene rings is 1. The van der Waals surface area contributed by atoms with Crippen LogP contribution in [-0.4, -0.2) is 36.2 Å². The van der Waals surface area contributed by atoms with Gasteiger partial charge in [-0.1, -0.05) is 19.4 Å². The van der Waals surface area contributed by atoms with Gasteiger partial charge in [0.05, 0.1) is 5.69 Å². The van der Waals surface area contributed by atoms with E-state index in [2.05, 4.69) is 24.1 Å². The topological polar surface area (TPSA) is 61.5 Å². The SMILES string of the molecule is CCC[C@H](c1c(C)ccc(N)c1O)N1CCNCC1.Cl.Cl. The first-order valence-corrected chi connectivity index (χ1v) is 7.17. The van der Waals surface area contributed by atoms with Gasteiger partial charge in [0.1, 0.15) is 5.75 Å². The maximum atomic E-state index is 10.3. The minimum atomic E-state index is 0. The number of nitrogen functional groups attached to an aromatic ring is 1. The molecule has 0 aromatic heterocycles. The fraction of sp³-hybridized carbons (Fsp3) is 0.600. The molecule has 1 aliphatic heterocycles. The summed E-state index contributed by atoms with van der Waals surface area (Å²) in [5, 5.41) is 13.7. The van der Waals surface area contributed by atoms with Crippen LogP contribution in [0.25, 0.3) is 0 Å². The third kappa shape index (κ3) is 4.65. The van der Waals surface area contributed by atoms with Crippen molar-refractivity contribution in [3.05, 3.63) is 23.3 Å². The second-order valence-corrected chi connectivity index (χ2v) is 5.32. The molecule has 122 valence electrons. The number of rotatable bonds is 4. The number of hydrogen-bond acceptors (Lipinski definition) is 4. The molecule has 6 heteroatoms. The van der Waals surface area contributed by atoms with Gasteiger partial charge in [-0.15, -0.1) is 24.8 Å². The van der Waals surface area contributed by atoms with Gasteiger partial charge in [-0.05, 0) is 25.0 Å². The molecule has 1 fully saturated rings. The number of nitrogens with one attached hydrogen (secondary N) is 1. The number of anilines is 1. The molecule has 1 aliphatic rings. The Balaban J connectivity index is 0.00000200. The van der Waals surface area contributed by atoms with Crippen LogP contribution in [0.3, 0.4) is 0 Å². The highest BCUT2D eigenvalue weighted by Gasteiger charge is 2.25. The average Bonchev–Trinajstić information content (AvgIpc) is 2.43. The summed E-state index contributed by atoms with van der Waals surface area (Å²) in [4.78, 5) is 2.46. The van der Waals surface area contributed by atoms with Gasteiger partial charge in [-0.2, -0.15) is 0 Å². The van der Waals surface area contributed by atoms with Gasteiger partial charge >= 0.3 is 0 Å². The van der Waals surface area contributed by atoms with E-state index >= 15 is 0 Å². The number of nitrogens with two attached hydrogens (primary N) is 1. The first-order valence-electron chi connectivity index (χ1n) is 7.17. The van der Waals surface area contributed by atoms with Crippen molar-refractivity contribution in [3.8, 4) is 5.75 Å². The summed E-state index contributed by atoms with van der Waals surface area (Å²) in [7, 11) is 0. The summed E-state index contributed by atoms with van der Waals surface area (Å²) >= 11 is 0. The fourth-order valence-corrected chi connectivity index (χ4v) is 2.92. The van der Waals surface area contributed by atoms with Gasteiger partial charge in [0, 0.05) is 37.8 Å². The lowest BCUT2D eigenvalue weighted by molar-refractivity contribution is 0.161. The van der Waals surface area contributed by atoms with E-state index in [0.717, 1.165) is 50.1 Å². The van der Waals surface area contributed by atoms with Crippen molar-refractivity contribution < 1.29 is 5.11 Å². The molecule has 1 heterocycles. The fourth-order valence-electron chi connectivity index (χ4n) is 2.92. The molecule has 21 heavy (non-hydrogen) atoms. The third-order valence-corrected chi connectivity index (χ3v) is 3.95. The molecule has 4 N–H and O–H groups in total. The van der Waals surface area contributed by atoms with Crippen LogP contribution in [0.2, 0.25) is 0 Å². The Hall–Kier alpha value is -0.680. The molecule has 0 saturated carbocycles. The Kier molecular flexibility index (Phi) is 9.06. The molecule has 1 atom stereocenters. The van der Waals surface area contributed by atoms with Crippen LogP contribution >= 0.6 is 24.8 Å². The summed E-state index contributed by atoms with van der Waals surface area (Å²) in [6.07, 6.45) is 2.15. The first kappa shape index (κ1) is 20.3. The van der Waals surface area contributed by atoms with Crippen molar-refractivity contribution in [2.75, 3.05) is 31.9 Å². The van der Waals surface area contributed by atoms with Crippen molar-refractivity contribution in [2.24, 2.45) is 0 Å². The molecule has 0 unspecified atom stereocenters. The lowest BCUT2D eigenvalue weighted by atomic mass is 9.94. The largest absolute Gasteiger partial charge is 0.505 e. The Morgan fingerprint density at radius 2 is 1.90 bits per heavy atom. The van der Waals surface area contributed by atoms with E-state index in [1.165, 1.54) is 0 Å². The predicted octanol–water partition coefficient (Wildman–Crippen LogP) is 2.87. The van der Waals surface area contributed by atoms with E-state index in [1.54, 1.807) is 6.07 Å². The molecule has 1 aromatic carbocycles. The molecule has 0 spiro atoms. The van der Waals surface area contributed by atoms with Crippen LogP contribution in [0, 0.1) is 6.92 Å². The van der Waals surface area contributed by atoms with Gasteiger partial charge in [-0.3, -0.25) is 4.90 Å². The van der Waals surface area contributed by atoms with Crippen LogP contribution < -0.4 is 11.1 Å². The summed E-state index contributed by atoms with van der Waals surface area (Å²) in [5.74, 6) is 0.275.